The van der Waals surface area contributed by atoms with Gasteiger partial charge in [0, 0.05) is 55.9 Å². The second-order valence-corrected chi connectivity index (χ2v) is 8.24. The number of piperazine rings is 1. The van der Waals surface area contributed by atoms with Crippen LogP contribution in [-0.2, 0) is 0 Å². The van der Waals surface area contributed by atoms with E-state index in [4.69, 9.17) is 11.6 Å². The molecule has 1 saturated heterocycles. The molecule has 0 N–H and O–H groups in total. The van der Waals surface area contributed by atoms with Gasteiger partial charge < -0.3 is 4.40 Å². The highest BCUT2D eigenvalue weighted by atomic mass is 35.5. The van der Waals surface area contributed by atoms with Gasteiger partial charge in [0.15, 0.2) is 0 Å². The quantitative estimate of drug-likeness (QED) is 0.525. The fourth-order valence-electron chi connectivity index (χ4n) is 4.38. The number of pyridine rings is 2. The predicted molar refractivity (Wildman–Crippen MR) is 113 cm³/mol. The largest absolute Gasteiger partial charge is 0.401 e. The number of hydrogen-bond acceptors (Lipinski definition) is 3. The van der Waals surface area contributed by atoms with Crippen molar-refractivity contribution in [1.82, 2.24) is 19.2 Å². The van der Waals surface area contributed by atoms with Crippen LogP contribution in [-0.4, -0.2) is 58.1 Å². The van der Waals surface area contributed by atoms with Gasteiger partial charge in [-0.2, -0.15) is 13.2 Å². The fraction of sp³-hybridized carbons (Fsp3) is 0.409. The third-order valence-corrected chi connectivity index (χ3v) is 6.08. The average molecular weight is 437 g/mol. The summed E-state index contributed by atoms with van der Waals surface area (Å²) in [5, 5.41) is 0.448. The molecular weight excluding hydrogens is 413 g/mol. The van der Waals surface area contributed by atoms with E-state index in [2.05, 4.69) is 52.5 Å². The second kappa shape index (κ2) is 8.21. The van der Waals surface area contributed by atoms with Crippen molar-refractivity contribution < 1.29 is 13.2 Å². The maximum atomic E-state index is 12.7. The Morgan fingerprint density at radius 1 is 1.10 bits per heavy atom. The van der Waals surface area contributed by atoms with E-state index in [1.807, 2.05) is 12.1 Å². The van der Waals surface area contributed by atoms with E-state index in [1.54, 1.807) is 6.20 Å². The molecule has 0 amide bonds. The van der Waals surface area contributed by atoms with E-state index in [-0.39, 0.29) is 6.04 Å². The molecule has 3 aromatic heterocycles. The Hall–Kier alpha value is -2.09. The third-order valence-electron chi connectivity index (χ3n) is 5.87. The fourth-order valence-corrected chi connectivity index (χ4v) is 4.56. The molecular formula is C22H24ClF3N4. The number of aryl methyl sites for hydroxylation is 1. The Bertz CT molecular complexity index is 1040. The molecule has 1 aliphatic heterocycles. The summed E-state index contributed by atoms with van der Waals surface area (Å²) in [6, 6.07) is 10.1. The van der Waals surface area contributed by atoms with Crippen LogP contribution in [0.4, 0.5) is 13.2 Å². The van der Waals surface area contributed by atoms with E-state index in [0.29, 0.717) is 31.3 Å². The predicted octanol–water partition coefficient (Wildman–Crippen LogP) is 5.20. The summed E-state index contributed by atoms with van der Waals surface area (Å²) in [7, 11) is 0. The standard InChI is InChI=1S/C22H24ClF3N4/c1-15-3-4-19-18(17-5-7-27-20(23)13-17)6-8-30(19)21(15)16(2)29-11-9-28(10-12-29)14-22(24,25)26/h3-8,13,16H,9-12,14H2,1-2H3. The number of halogens is 4. The number of aromatic nitrogens is 2. The van der Waals surface area contributed by atoms with Gasteiger partial charge in [-0.15, -0.1) is 0 Å². The zero-order valence-corrected chi connectivity index (χ0v) is 17.7. The first kappa shape index (κ1) is 21.2. The first-order valence-corrected chi connectivity index (χ1v) is 10.4. The molecule has 4 rings (SSSR count). The zero-order valence-electron chi connectivity index (χ0n) is 17.0. The highest BCUT2D eigenvalue weighted by Crippen LogP contribution is 2.32. The third kappa shape index (κ3) is 4.33. The molecule has 0 spiro atoms. The molecule has 1 fully saturated rings. The monoisotopic (exact) mass is 436 g/mol. The number of nitrogens with zero attached hydrogens (tertiary/aromatic N) is 4. The van der Waals surface area contributed by atoms with E-state index in [9.17, 15) is 13.2 Å². The van der Waals surface area contributed by atoms with Crippen molar-refractivity contribution in [2.45, 2.75) is 26.1 Å². The van der Waals surface area contributed by atoms with Crippen LogP contribution in [0.25, 0.3) is 16.6 Å². The first-order valence-electron chi connectivity index (χ1n) is 9.98. The van der Waals surface area contributed by atoms with Crippen LogP contribution in [0.1, 0.15) is 24.2 Å². The van der Waals surface area contributed by atoms with Crippen molar-refractivity contribution in [3.8, 4) is 11.1 Å². The lowest BCUT2D eigenvalue weighted by atomic mass is 10.0. The molecule has 0 radical (unpaired) electrons. The van der Waals surface area contributed by atoms with E-state index in [1.165, 1.54) is 4.90 Å². The Morgan fingerprint density at radius 2 is 1.83 bits per heavy atom. The molecule has 160 valence electrons. The van der Waals surface area contributed by atoms with Crippen LogP contribution < -0.4 is 0 Å². The van der Waals surface area contributed by atoms with Gasteiger partial charge in [0.05, 0.1) is 12.1 Å². The molecule has 4 heterocycles. The van der Waals surface area contributed by atoms with Crippen LogP contribution in [0.15, 0.2) is 42.7 Å². The van der Waals surface area contributed by atoms with Gasteiger partial charge in [0.2, 0.25) is 0 Å². The molecule has 4 nitrogen and oxygen atoms in total. The number of alkyl halides is 3. The summed E-state index contributed by atoms with van der Waals surface area (Å²) < 4.78 is 40.2. The molecule has 3 aromatic rings. The zero-order chi connectivity index (χ0) is 21.5. The summed E-state index contributed by atoms with van der Waals surface area (Å²) in [4.78, 5) is 7.80. The van der Waals surface area contributed by atoms with Gasteiger partial charge in [0.1, 0.15) is 5.15 Å². The maximum Gasteiger partial charge on any atom is 0.401 e. The molecule has 1 atom stereocenters. The Balaban J connectivity index is 1.61. The van der Waals surface area contributed by atoms with Crippen LogP contribution in [0.5, 0.6) is 0 Å². The molecule has 0 aromatic carbocycles. The van der Waals surface area contributed by atoms with Crippen LogP contribution in [0, 0.1) is 6.92 Å². The van der Waals surface area contributed by atoms with Crippen molar-refractivity contribution in [2.75, 3.05) is 32.7 Å². The van der Waals surface area contributed by atoms with Crippen LogP contribution >= 0.6 is 11.6 Å². The molecule has 0 saturated carbocycles. The highest BCUT2D eigenvalue weighted by molar-refractivity contribution is 6.29. The number of rotatable bonds is 4. The van der Waals surface area contributed by atoms with Crippen molar-refractivity contribution in [3.63, 3.8) is 0 Å². The van der Waals surface area contributed by atoms with Gasteiger partial charge >= 0.3 is 6.18 Å². The highest BCUT2D eigenvalue weighted by Gasteiger charge is 2.33. The lowest BCUT2D eigenvalue weighted by molar-refractivity contribution is -0.149. The molecule has 0 aliphatic carbocycles. The first-order chi connectivity index (χ1) is 14.2. The summed E-state index contributed by atoms with van der Waals surface area (Å²) in [6.45, 7) is 5.44. The minimum atomic E-state index is -4.15. The lowest BCUT2D eigenvalue weighted by Gasteiger charge is -2.38. The molecule has 8 heteroatoms. The van der Waals surface area contributed by atoms with Crippen molar-refractivity contribution in [1.29, 1.82) is 0 Å². The van der Waals surface area contributed by atoms with Gasteiger partial charge in [-0.1, -0.05) is 17.7 Å². The summed E-state index contributed by atoms with van der Waals surface area (Å²) in [6.07, 6.45) is -0.398. The van der Waals surface area contributed by atoms with Crippen molar-refractivity contribution in [2.24, 2.45) is 0 Å². The van der Waals surface area contributed by atoms with Gasteiger partial charge in [-0.05, 0) is 49.2 Å². The van der Waals surface area contributed by atoms with Gasteiger partial charge in [-0.3, -0.25) is 9.80 Å². The minimum absolute atomic E-state index is 0.0861. The summed E-state index contributed by atoms with van der Waals surface area (Å²) in [5.41, 5.74) is 5.45. The molecule has 1 aliphatic rings. The average Bonchev–Trinajstić information content (AvgIpc) is 3.11. The van der Waals surface area contributed by atoms with E-state index < -0.39 is 12.7 Å². The molecule has 30 heavy (non-hydrogen) atoms. The Morgan fingerprint density at radius 3 is 2.50 bits per heavy atom. The SMILES string of the molecule is Cc1ccc2c(-c3ccnc(Cl)c3)ccn2c1C(C)N1CCN(CC(F)(F)F)CC1. The number of fused-ring (bicyclic) bond motifs is 1. The van der Waals surface area contributed by atoms with Crippen molar-refractivity contribution in [3.05, 3.63) is 59.1 Å². The van der Waals surface area contributed by atoms with Gasteiger partial charge in [-0.25, -0.2) is 4.98 Å². The normalized spacial score (nSPS) is 17.5. The van der Waals surface area contributed by atoms with E-state index in [0.717, 1.165) is 27.9 Å². The summed E-state index contributed by atoms with van der Waals surface area (Å²) >= 11 is 6.07. The van der Waals surface area contributed by atoms with Crippen LogP contribution in [0.2, 0.25) is 5.15 Å². The summed E-state index contributed by atoms with van der Waals surface area (Å²) in [5.74, 6) is 0. The minimum Gasteiger partial charge on any atom is -0.318 e. The van der Waals surface area contributed by atoms with Crippen LogP contribution in [0.3, 0.4) is 0 Å². The maximum absolute atomic E-state index is 12.7. The molecule has 0 bridgehead atoms. The van der Waals surface area contributed by atoms with Crippen molar-refractivity contribution >= 4 is 17.1 Å². The Kier molecular flexibility index (Phi) is 5.79. The lowest BCUT2D eigenvalue weighted by Crippen LogP contribution is -2.49. The molecule has 1 unspecified atom stereocenters. The van der Waals surface area contributed by atoms with E-state index >= 15 is 0 Å². The van der Waals surface area contributed by atoms with Gasteiger partial charge in [0.25, 0.3) is 0 Å². The Labute approximate surface area is 178 Å². The number of hydrogen-bond donors (Lipinski definition) is 0. The second-order valence-electron chi connectivity index (χ2n) is 7.86. The topological polar surface area (TPSA) is 23.8 Å². The smallest absolute Gasteiger partial charge is 0.318 e.